The van der Waals surface area contributed by atoms with Crippen LogP contribution in [0.2, 0.25) is 0 Å². The Labute approximate surface area is 272 Å². The molecule has 13 atom stereocenters. The van der Waals surface area contributed by atoms with Crippen LogP contribution < -0.4 is 21.3 Å². The van der Waals surface area contributed by atoms with Crippen LogP contribution in [-0.4, -0.2) is 59.5 Å². The van der Waals surface area contributed by atoms with Crippen LogP contribution >= 0.6 is 0 Å². The van der Waals surface area contributed by atoms with Crippen molar-refractivity contribution >= 4 is 0 Å². The first-order valence-electron chi connectivity index (χ1n) is 18.4. The third kappa shape index (κ3) is 5.33. The number of hydrogen-bond donors (Lipinski definition) is 5. The molecule has 0 amide bonds. The van der Waals surface area contributed by atoms with Gasteiger partial charge in [0.05, 0.1) is 6.10 Å². The molecule has 5 heterocycles. The molecule has 5 nitrogen and oxygen atoms in total. The van der Waals surface area contributed by atoms with Crippen molar-refractivity contribution in [3.63, 3.8) is 0 Å². The smallest absolute Gasteiger partial charge is 0.0587 e. The third-order valence-corrected chi connectivity index (χ3v) is 13.8. The molecule has 6 fully saturated rings. The highest BCUT2D eigenvalue weighted by Gasteiger charge is 2.56. The predicted molar refractivity (Wildman–Crippen MR) is 184 cm³/mol. The SMILES string of the molecule is Cc1ccc(C2C3CCC(CC4NC(CC4(C)C)C4CC(O)C5CC(NC54)C(c4c(C)cc(C)cc4C)C4CCC2N4)N3)cc1. The molecule has 5 saturated heterocycles. The standard InChI is InChI=1S/C40H58N4O/c1-21-7-9-25(10-8-21)37-29-12-11-26(41-29)17-35-40(5,6)20-33(43-35)27-19-34(45)28-18-32(44-39(27)28)38(31-14-13-30(37)42-31)36-23(3)15-22(2)16-24(36)4/h7-10,15-16,26-35,37-39,41-45H,11-14,17-20H2,1-6H3. The summed E-state index contributed by atoms with van der Waals surface area (Å²) in [6, 6.07) is 18.0. The fraction of sp³-hybridized carbons (Fsp3) is 0.700. The van der Waals surface area contributed by atoms with Crippen LogP contribution in [0.15, 0.2) is 36.4 Å². The van der Waals surface area contributed by atoms with E-state index in [0.29, 0.717) is 72.0 Å². The molecule has 1 aliphatic carbocycles. The topological polar surface area (TPSA) is 68.3 Å². The van der Waals surface area contributed by atoms with Gasteiger partial charge in [-0.1, -0.05) is 61.4 Å². The zero-order valence-electron chi connectivity index (χ0n) is 28.6. The van der Waals surface area contributed by atoms with Gasteiger partial charge in [0.2, 0.25) is 0 Å². The Bertz CT molecular complexity index is 1380. The molecule has 5 N–H and O–H groups in total. The summed E-state index contributed by atoms with van der Waals surface area (Å²) in [6.07, 6.45) is 9.18. The molecule has 13 unspecified atom stereocenters. The maximum absolute atomic E-state index is 11.6. The van der Waals surface area contributed by atoms with E-state index in [9.17, 15) is 5.11 Å². The van der Waals surface area contributed by atoms with Crippen LogP contribution in [0.3, 0.4) is 0 Å². The van der Waals surface area contributed by atoms with E-state index in [2.05, 4.69) is 99.2 Å². The third-order valence-electron chi connectivity index (χ3n) is 13.8. The number of nitrogens with one attached hydrogen (secondary N) is 4. The Kier molecular flexibility index (Phi) is 7.77. The van der Waals surface area contributed by atoms with Gasteiger partial charge in [-0.25, -0.2) is 0 Å². The van der Waals surface area contributed by atoms with Gasteiger partial charge < -0.3 is 26.4 Å². The number of rotatable bonds is 2. The summed E-state index contributed by atoms with van der Waals surface area (Å²) in [5, 5.41) is 28.7. The van der Waals surface area contributed by atoms with Crippen molar-refractivity contribution in [2.75, 3.05) is 0 Å². The first-order chi connectivity index (χ1) is 21.6. The number of aryl methyl sites for hydroxylation is 4. The Morgan fingerprint density at radius 3 is 2.04 bits per heavy atom. The Hall–Kier alpha value is -1.76. The number of aliphatic hydroxyl groups excluding tert-OH is 1. The van der Waals surface area contributed by atoms with Gasteiger partial charge in [-0.2, -0.15) is 0 Å². The summed E-state index contributed by atoms with van der Waals surface area (Å²) < 4.78 is 0. The summed E-state index contributed by atoms with van der Waals surface area (Å²) in [4.78, 5) is 0. The largest absolute Gasteiger partial charge is 0.393 e. The Morgan fingerprint density at radius 2 is 1.31 bits per heavy atom. The molecule has 1 saturated carbocycles. The predicted octanol–water partition coefficient (Wildman–Crippen LogP) is 5.92. The van der Waals surface area contributed by atoms with Gasteiger partial charge >= 0.3 is 0 Å². The first kappa shape index (κ1) is 30.6. The molecule has 5 heteroatoms. The van der Waals surface area contributed by atoms with Gasteiger partial charge in [-0.3, -0.25) is 0 Å². The Morgan fingerprint density at radius 1 is 0.644 bits per heavy atom. The highest BCUT2D eigenvalue weighted by Crippen LogP contribution is 2.50. The molecule has 0 aromatic heterocycles. The lowest BCUT2D eigenvalue weighted by Crippen LogP contribution is -2.51. The number of aliphatic hydroxyl groups is 1. The molecule has 6 aliphatic rings. The van der Waals surface area contributed by atoms with E-state index in [1.807, 2.05) is 0 Å². The van der Waals surface area contributed by atoms with Crippen LogP contribution in [0.25, 0.3) is 0 Å². The lowest BCUT2D eigenvalue weighted by atomic mass is 9.78. The monoisotopic (exact) mass is 610 g/mol. The van der Waals surface area contributed by atoms with E-state index in [4.69, 9.17) is 0 Å². The molecule has 2 aromatic rings. The highest BCUT2D eigenvalue weighted by molar-refractivity contribution is 5.42. The summed E-state index contributed by atoms with van der Waals surface area (Å²) in [7, 11) is 0. The molecule has 0 radical (unpaired) electrons. The van der Waals surface area contributed by atoms with Gasteiger partial charge in [0.15, 0.2) is 0 Å². The lowest BCUT2D eigenvalue weighted by molar-refractivity contribution is 0.127. The lowest BCUT2D eigenvalue weighted by Gasteiger charge is -2.37. The van der Waals surface area contributed by atoms with Crippen molar-refractivity contribution in [3.8, 4) is 0 Å². The zero-order chi connectivity index (χ0) is 31.2. The summed E-state index contributed by atoms with van der Waals surface area (Å²) in [5.41, 5.74) is 8.88. The van der Waals surface area contributed by atoms with Gasteiger partial charge in [0.1, 0.15) is 0 Å². The molecule has 8 rings (SSSR count). The minimum atomic E-state index is -0.200. The fourth-order valence-electron chi connectivity index (χ4n) is 11.8. The van der Waals surface area contributed by atoms with Crippen LogP contribution in [0.5, 0.6) is 0 Å². The Balaban J connectivity index is 1.21. The summed E-state index contributed by atoms with van der Waals surface area (Å²) >= 11 is 0. The zero-order valence-corrected chi connectivity index (χ0v) is 28.6. The molecule has 8 bridgehead atoms. The molecular weight excluding hydrogens is 552 g/mol. The van der Waals surface area contributed by atoms with Crippen LogP contribution in [0.4, 0.5) is 0 Å². The first-order valence-corrected chi connectivity index (χ1v) is 18.4. The molecule has 45 heavy (non-hydrogen) atoms. The van der Waals surface area contributed by atoms with Crippen molar-refractivity contribution in [2.45, 2.75) is 159 Å². The summed E-state index contributed by atoms with van der Waals surface area (Å²) in [5.74, 6) is 1.70. The van der Waals surface area contributed by atoms with Crippen molar-refractivity contribution < 1.29 is 5.11 Å². The molecular formula is C40H58N4O. The molecule has 244 valence electrons. The van der Waals surface area contributed by atoms with E-state index in [-0.39, 0.29) is 11.5 Å². The highest BCUT2D eigenvalue weighted by atomic mass is 16.3. The van der Waals surface area contributed by atoms with E-state index in [1.54, 1.807) is 5.56 Å². The number of hydrogen-bond acceptors (Lipinski definition) is 5. The maximum Gasteiger partial charge on any atom is 0.0587 e. The van der Waals surface area contributed by atoms with E-state index in [0.717, 1.165) is 12.8 Å². The van der Waals surface area contributed by atoms with E-state index < -0.39 is 0 Å². The van der Waals surface area contributed by atoms with E-state index >= 15 is 0 Å². The fourth-order valence-corrected chi connectivity index (χ4v) is 11.8. The molecule has 5 aliphatic heterocycles. The van der Waals surface area contributed by atoms with Crippen LogP contribution in [-0.2, 0) is 0 Å². The van der Waals surface area contributed by atoms with Crippen molar-refractivity contribution in [1.82, 2.24) is 21.3 Å². The normalized spacial score (nSPS) is 43.7. The quantitative estimate of drug-likeness (QED) is 0.292. The van der Waals surface area contributed by atoms with Gasteiger partial charge in [0, 0.05) is 66.1 Å². The second-order valence-corrected chi connectivity index (χ2v) is 17.2. The van der Waals surface area contributed by atoms with Gasteiger partial charge in [0.25, 0.3) is 0 Å². The molecule has 0 spiro atoms. The second kappa shape index (κ2) is 11.4. The number of benzene rings is 2. The minimum absolute atomic E-state index is 0.200. The van der Waals surface area contributed by atoms with Crippen LogP contribution in [0.1, 0.15) is 110 Å². The number of fused-ring (bicyclic) bond motifs is 8. The average Bonchev–Trinajstić information content (AvgIpc) is 3.80. The van der Waals surface area contributed by atoms with Crippen molar-refractivity contribution in [1.29, 1.82) is 0 Å². The minimum Gasteiger partial charge on any atom is -0.393 e. The summed E-state index contributed by atoms with van der Waals surface area (Å²) in [6.45, 7) is 14.1. The van der Waals surface area contributed by atoms with Crippen molar-refractivity contribution in [2.24, 2.45) is 17.3 Å². The molecule has 2 aromatic carbocycles. The van der Waals surface area contributed by atoms with Gasteiger partial charge in [-0.05, 0) is 113 Å². The second-order valence-electron chi connectivity index (χ2n) is 17.2. The average molecular weight is 611 g/mol. The van der Waals surface area contributed by atoms with Crippen molar-refractivity contribution in [3.05, 3.63) is 69.8 Å². The maximum atomic E-state index is 11.6. The van der Waals surface area contributed by atoms with E-state index in [1.165, 1.54) is 66.3 Å². The van der Waals surface area contributed by atoms with Crippen LogP contribution in [0, 0.1) is 44.9 Å². The van der Waals surface area contributed by atoms with Gasteiger partial charge in [-0.15, -0.1) is 0 Å².